The number of thiophene rings is 1. The van der Waals surface area contributed by atoms with Gasteiger partial charge in [0.1, 0.15) is 0 Å². The Morgan fingerprint density at radius 3 is 3.00 bits per heavy atom. The van der Waals surface area contributed by atoms with Gasteiger partial charge in [-0.05, 0) is 48.0 Å². The molecule has 84 valence electrons. The predicted molar refractivity (Wildman–Crippen MR) is 67.4 cm³/mol. The van der Waals surface area contributed by atoms with Crippen LogP contribution >= 0.6 is 27.3 Å². The summed E-state index contributed by atoms with van der Waals surface area (Å²) >= 11 is 5.33. The van der Waals surface area contributed by atoms with Gasteiger partial charge in [-0.2, -0.15) is 0 Å². The first-order valence-electron chi connectivity index (χ1n) is 5.31. The molecule has 2 rings (SSSR count). The molecule has 1 saturated heterocycles. The molecule has 2 heterocycles. The van der Waals surface area contributed by atoms with Crippen molar-refractivity contribution in [2.45, 2.75) is 18.9 Å². The van der Waals surface area contributed by atoms with Crippen LogP contribution in [0.15, 0.2) is 15.9 Å². The Bertz CT molecular complexity index is 309. The second-order valence-corrected chi connectivity index (χ2v) is 6.38. The van der Waals surface area contributed by atoms with Crippen molar-refractivity contribution in [3.8, 4) is 0 Å². The fourth-order valence-electron chi connectivity index (χ4n) is 2.13. The van der Waals surface area contributed by atoms with Crippen LogP contribution in [0.25, 0.3) is 0 Å². The SMILES string of the molecule is CNC(c1ccc(Br)s1)C1CCCOC1. The Kier molecular flexibility index (Phi) is 4.20. The van der Waals surface area contributed by atoms with Gasteiger partial charge in [0.2, 0.25) is 0 Å². The first-order valence-corrected chi connectivity index (χ1v) is 6.92. The van der Waals surface area contributed by atoms with Crippen LogP contribution in [0, 0.1) is 5.92 Å². The van der Waals surface area contributed by atoms with Crippen molar-refractivity contribution in [1.29, 1.82) is 0 Å². The first-order chi connectivity index (χ1) is 7.31. The molecule has 2 unspecified atom stereocenters. The number of ether oxygens (including phenoxy) is 1. The molecule has 1 fully saturated rings. The van der Waals surface area contributed by atoms with E-state index in [1.54, 1.807) is 0 Å². The molecule has 2 atom stereocenters. The summed E-state index contributed by atoms with van der Waals surface area (Å²) < 4.78 is 6.75. The summed E-state index contributed by atoms with van der Waals surface area (Å²) in [5, 5.41) is 3.41. The number of hydrogen-bond acceptors (Lipinski definition) is 3. The van der Waals surface area contributed by atoms with E-state index in [2.05, 4.69) is 33.4 Å². The minimum absolute atomic E-state index is 0.446. The highest BCUT2D eigenvalue weighted by Crippen LogP contribution is 2.34. The average Bonchev–Trinajstić information content (AvgIpc) is 2.68. The van der Waals surface area contributed by atoms with Crippen LogP contribution in [0.1, 0.15) is 23.8 Å². The van der Waals surface area contributed by atoms with Gasteiger partial charge in [0.15, 0.2) is 0 Å². The van der Waals surface area contributed by atoms with Gasteiger partial charge in [-0.1, -0.05) is 0 Å². The van der Waals surface area contributed by atoms with Crippen molar-refractivity contribution in [2.75, 3.05) is 20.3 Å². The zero-order chi connectivity index (χ0) is 10.7. The summed E-state index contributed by atoms with van der Waals surface area (Å²) in [6, 6.07) is 4.76. The van der Waals surface area contributed by atoms with E-state index in [1.807, 2.05) is 18.4 Å². The van der Waals surface area contributed by atoms with Crippen LogP contribution in [0.5, 0.6) is 0 Å². The first kappa shape index (κ1) is 11.6. The topological polar surface area (TPSA) is 21.3 Å². The molecule has 0 bridgehead atoms. The lowest BCUT2D eigenvalue weighted by Gasteiger charge is -2.29. The second-order valence-electron chi connectivity index (χ2n) is 3.89. The third kappa shape index (κ3) is 2.81. The molecule has 0 amide bonds. The minimum atomic E-state index is 0.446. The standard InChI is InChI=1S/C11H16BrNOS/c1-13-11(8-3-2-6-14-7-8)9-4-5-10(12)15-9/h4-5,8,11,13H,2-3,6-7H2,1H3. The van der Waals surface area contributed by atoms with Crippen molar-refractivity contribution in [3.05, 3.63) is 20.8 Å². The van der Waals surface area contributed by atoms with Gasteiger partial charge in [-0.15, -0.1) is 11.3 Å². The molecule has 0 aliphatic carbocycles. The largest absolute Gasteiger partial charge is 0.381 e. The smallest absolute Gasteiger partial charge is 0.0701 e. The second kappa shape index (κ2) is 5.43. The van der Waals surface area contributed by atoms with Crippen LogP contribution in [0.4, 0.5) is 0 Å². The Balaban J connectivity index is 2.08. The summed E-state index contributed by atoms with van der Waals surface area (Å²) in [5.41, 5.74) is 0. The van der Waals surface area contributed by atoms with Gasteiger partial charge in [-0.25, -0.2) is 0 Å². The minimum Gasteiger partial charge on any atom is -0.381 e. The maximum Gasteiger partial charge on any atom is 0.0701 e. The molecule has 0 aromatic carbocycles. The van der Waals surface area contributed by atoms with Gasteiger partial charge >= 0.3 is 0 Å². The fraction of sp³-hybridized carbons (Fsp3) is 0.636. The summed E-state index contributed by atoms with van der Waals surface area (Å²) in [4.78, 5) is 1.40. The van der Waals surface area contributed by atoms with Crippen molar-refractivity contribution in [1.82, 2.24) is 5.32 Å². The van der Waals surface area contributed by atoms with Crippen molar-refractivity contribution in [2.24, 2.45) is 5.92 Å². The van der Waals surface area contributed by atoms with E-state index in [4.69, 9.17) is 4.74 Å². The van der Waals surface area contributed by atoms with Gasteiger partial charge in [0, 0.05) is 23.4 Å². The average molecular weight is 290 g/mol. The molecule has 4 heteroatoms. The quantitative estimate of drug-likeness (QED) is 0.923. The lowest BCUT2D eigenvalue weighted by atomic mass is 9.93. The lowest BCUT2D eigenvalue weighted by molar-refractivity contribution is 0.0407. The Morgan fingerprint density at radius 2 is 2.47 bits per heavy atom. The molecule has 2 nitrogen and oxygen atoms in total. The van der Waals surface area contributed by atoms with E-state index in [0.717, 1.165) is 13.2 Å². The Morgan fingerprint density at radius 1 is 1.60 bits per heavy atom. The monoisotopic (exact) mass is 289 g/mol. The summed E-state index contributed by atoms with van der Waals surface area (Å²) in [5.74, 6) is 0.620. The van der Waals surface area contributed by atoms with Gasteiger partial charge in [0.25, 0.3) is 0 Å². The van der Waals surface area contributed by atoms with Gasteiger partial charge in [0.05, 0.1) is 10.4 Å². The molecule has 0 spiro atoms. The zero-order valence-corrected chi connectivity index (χ0v) is 11.2. The number of nitrogens with one attached hydrogen (secondary N) is 1. The van der Waals surface area contributed by atoms with Crippen LogP contribution < -0.4 is 5.32 Å². The Labute approximate surface area is 103 Å². The maximum absolute atomic E-state index is 5.55. The van der Waals surface area contributed by atoms with Gasteiger partial charge < -0.3 is 10.1 Å². The molecule has 0 saturated carbocycles. The molecule has 15 heavy (non-hydrogen) atoms. The third-order valence-electron chi connectivity index (χ3n) is 2.88. The number of hydrogen-bond donors (Lipinski definition) is 1. The van der Waals surface area contributed by atoms with Crippen LogP contribution in [-0.4, -0.2) is 20.3 Å². The zero-order valence-electron chi connectivity index (χ0n) is 8.83. The fourth-order valence-corrected chi connectivity index (χ4v) is 3.76. The highest BCUT2D eigenvalue weighted by atomic mass is 79.9. The van der Waals surface area contributed by atoms with Crippen LogP contribution in [-0.2, 0) is 4.74 Å². The molecular formula is C11H16BrNOS. The van der Waals surface area contributed by atoms with E-state index < -0.39 is 0 Å². The van der Waals surface area contributed by atoms with Crippen molar-refractivity contribution < 1.29 is 4.74 Å². The highest BCUT2D eigenvalue weighted by Gasteiger charge is 2.25. The van der Waals surface area contributed by atoms with E-state index in [0.29, 0.717) is 12.0 Å². The summed E-state index contributed by atoms with van der Waals surface area (Å²) in [6.45, 7) is 1.82. The molecule has 1 aliphatic rings. The van der Waals surface area contributed by atoms with Crippen molar-refractivity contribution >= 4 is 27.3 Å². The molecule has 1 N–H and O–H groups in total. The predicted octanol–water partition coefficient (Wildman–Crippen LogP) is 3.20. The highest BCUT2D eigenvalue weighted by molar-refractivity contribution is 9.11. The number of rotatable bonds is 3. The summed E-state index contributed by atoms with van der Waals surface area (Å²) in [6.07, 6.45) is 2.45. The Hall–Kier alpha value is 0.1000. The molecular weight excluding hydrogens is 274 g/mol. The third-order valence-corrected chi connectivity index (χ3v) is 4.59. The van der Waals surface area contributed by atoms with Crippen LogP contribution in [0.3, 0.4) is 0 Å². The normalized spacial score (nSPS) is 24.0. The number of halogens is 1. The maximum atomic E-state index is 5.55. The van der Waals surface area contributed by atoms with Gasteiger partial charge in [-0.3, -0.25) is 0 Å². The lowest BCUT2D eigenvalue weighted by Crippen LogP contribution is -2.30. The molecule has 0 radical (unpaired) electrons. The van der Waals surface area contributed by atoms with E-state index in [9.17, 15) is 0 Å². The van der Waals surface area contributed by atoms with E-state index >= 15 is 0 Å². The van der Waals surface area contributed by atoms with Crippen molar-refractivity contribution in [3.63, 3.8) is 0 Å². The van der Waals surface area contributed by atoms with Crippen LogP contribution in [0.2, 0.25) is 0 Å². The molecule has 1 aromatic rings. The molecule has 1 aliphatic heterocycles. The summed E-state index contributed by atoms with van der Waals surface area (Å²) in [7, 11) is 2.03. The molecule has 1 aromatic heterocycles. The van der Waals surface area contributed by atoms with E-state index in [-0.39, 0.29) is 0 Å². The van der Waals surface area contributed by atoms with E-state index in [1.165, 1.54) is 21.5 Å².